The van der Waals surface area contributed by atoms with Crippen LogP contribution in [0.3, 0.4) is 0 Å². The summed E-state index contributed by atoms with van der Waals surface area (Å²) in [6.07, 6.45) is 5.40. The molecule has 0 heterocycles. The molecular formula is C14H19N3. The average Bonchev–Trinajstić information content (AvgIpc) is 2.99. The molecule has 3 rings (SSSR count). The Hall–Kier alpha value is -1.35. The third-order valence-corrected chi connectivity index (χ3v) is 4.24. The molecule has 3 atom stereocenters. The first-order valence-corrected chi connectivity index (χ1v) is 6.47. The lowest BCUT2D eigenvalue weighted by molar-refractivity contribution is 0.408. The van der Waals surface area contributed by atoms with Gasteiger partial charge in [0.15, 0.2) is 0 Å². The van der Waals surface area contributed by atoms with E-state index in [-0.39, 0.29) is 0 Å². The van der Waals surface area contributed by atoms with Gasteiger partial charge in [-0.05, 0) is 43.2 Å². The average molecular weight is 229 g/mol. The van der Waals surface area contributed by atoms with Gasteiger partial charge in [0.25, 0.3) is 0 Å². The maximum Gasteiger partial charge on any atom is 0.120 e. The van der Waals surface area contributed by atoms with Gasteiger partial charge in [-0.15, -0.1) is 0 Å². The first-order valence-electron chi connectivity index (χ1n) is 6.47. The normalized spacial score (nSPS) is 31.8. The fraction of sp³-hybridized carbons (Fsp3) is 0.500. The summed E-state index contributed by atoms with van der Waals surface area (Å²) in [5.74, 6) is 8.90. The molecule has 1 aromatic carbocycles. The van der Waals surface area contributed by atoms with E-state index in [2.05, 4.69) is 10.4 Å². The summed E-state index contributed by atoms with van der Waals surface area (Å²) in [6, 6.07) is 10.1. The molecule has 90 valence electrons. The third-order valence-electron chi connectivity index (χ3n) is 4.24. The molecule has 3 nitrogen and oxygen atoms in total. The number of rotatable bonds is 2. The van der Waals surface area contributed by atoms with E-state index < -0.39 is 0 Å². The van der Waals surface area contributed by atoms with E-state index in [0.29, 0.717) is 5.92 Å². The molecule has 2 aliphatic carbocycles. The molecule has 0 aliphatic heterocycles. The minimum atomic E-state index is 0.555. The van der Waals surface area contributed by atoms with Crippen LogP contribution >= 0.6 is 0 Å². The van der Waals surface area contributed by atoms with Crippen LogP contribution in [0.5, 0.6) is 0 Å². The number of hydrogen-bond donors (Lipinski definition) is 2. The van der Waals surface area contributed by atoms with Crippen molar-refractivity contribution < 1.29 is 0 Å². The quantitative estimate of drug-likeness (QED) is 0.354. The third kappa shape index (κ3) is 2.07. The molecule has 0 radical (unpaired) electrons. The standard InChI is InChI=1S/C14H19N3/c15-17-14(16-12-4-2-1-3-5-12)13-9-10-6-7-11(13)8-10/h1-5,10-11,13H,6-9,15H2,(H,16,17). The molecule has 0 amide bonds. The molecular weight excluding hydrogens is 210 g/mol. The van der Waals surface area contributed by atoms with Crippen molar-refractivity contribution in [2.75, 3.05) is 0 Å². The van der Waals surface area contributed by atoms with Crippen molar-refractivity contribution in [3.05, 3.63) is 30.3 Å². The van der Waals surface area contributed by atoms with Gasteiger partial charge < -0.3 is 5.43 Å². The van der Waals surface area contributed by atoms with Crippen molar-refractivity contribution >= 4 is 11.5 Å². The van der Waals surface area contributed by atoms with Gasteiger partial charge >= 0.3 is 0 Å². The van der Waals surface area contributed by atoms with Crippen molar-refractivity contribution in [2.24, 2.45) is 28.6 Å². The predicted octanol–water partition coefficient (Wildman–Crippen LogP) is 2.62. The number of benzene rings is 1. The zero-order valence-electron chi connectivity index (χ0n) is 9.97. The first-order chi connectivity index (χ1) is 8.36. The molecule has 2 saturated carbocycles. The van der Waals surface area contributed by atoms with Gasteiger partial charge in [-0.2, -0.15) is 0 Å². The van der Waals surface area contributed by atoms with Crippen LogP contribution in [0.15, 0.2) is 35.3 Å². The maximum atomic E-state index is 5.65. The van der Waals surface area contributed by atoms with Crippen LogP contribution in [0.25, 0.3) is 0 Å². The summed E-state index contributed by atoms with van der Waals surface area (Å²) in [5.41, 5.74) is 3.82. The molecule has 2 bridgehead atoms. The summed E-state index contributed by atoms with van der Waals surface area (Å²) in [7, 11) is 0. The Labute approximate surface area is 102 Å². The molecule has 0 saturated heterocycles. The lowest BCUT2D eigenvalue weighted by Crippen LogP contribution is -2.38. The highest BCUT2D eigenvalue weighted by Gasteiger charge is 2.41. The van der Waals surface area contributed by atoms with E-state index in [4.69, 9.17) is 5.84 Å². The Kier molecular flexibility index (Phi) is 2.85. The Morgan fingerprint density at radius 3 is 2.59 bits per heavy atom. The predicted molar refractivity (Wildman–Crippen MR) is 69.8 cm³/mol. The van der Waals surface area contributed by atoms with Gasteiger partial charge in [0.1, 0.15) is 5.84 Å². The number of hydrogen-bond acceptors (Lipinski definition) is 2. The van der Waals surface area contributed by atoms with Crippen LogP contribution < -0.4 is 11.3 Å². The van der Waals surface area contributed by atoms with E-state index in [9.17, 15) is 0 Å². The highest BCUT2D eigenvalue weighted by atomic mass is 15.3. The fourth-order valence-electron chi connectivity index (χ4n) is 3.44. The second kappa shape index (κ2) is 4.49. The molecule has 2 fully saturated rings. The van der Waals surface area contributed by atoms with Crippen molar-refractivity contribution in [1.82, 2.24) is 5.43 Å². The van der Waals surface area contributed by atoms with Crippen molar-refractivity contribution in [1.29, 1.82) is 0 Å². The summed E-state index contributed by atoms with van der Waals surface area (Å²) in [4.78, 5) is 4.66. The maximum absolute atomic E-state index is 5.65. The lowest BCUT2D eigenvalue weighted by atomic mass is 9.88. The molecule has 0 aromatic heterocycles. The van der Waals surface area contributed by atoms with Crippen LogP contribution in [-0.2, 0) is 0 Å². The minimum absolute atomic E-state index is 0.555. The molecule has 17 heavy (non-hydrogen) atoms. The number of hydrazine groups is 1. The van der Waals surface area contributed by atoms with Gasteiger partial charge in [-0.3, -0.25) is 0 Å². The van der Waals surface area contributed by atoms with Crippen LogP contribution in [0.2, 0.25) is 0 Å². The van der Waals surface area contributed by atoms with E-state index >= 15 is 0 Å². The van der Waals surface area contributed by atoms with Gasteiger partial charge in [0.2, 0.25) is 0 Å². The number of fused-ring (bicyclic) bond motifs is 2. The Morgan fingerprint density at radius 2 is 2.00 bits per heavy atom. The molecule has 2 aliphatic rings. The number of nitrogens with two attached hydrogens (primary N) is 1. The molecule has 3 heteroatoms. The van der Waals surface area contributed by atoms with E-state index in [1.54, 1.807) is 0 Å². The fourth-order valence-corrected chi connectivity index (χ4v) is 3.44. The molecule has 3 N–H and O–H groups in total. The lowest BCUT2D eigenvalue weighted by Gasteiger charge is -2.22. The minimum Gasteiger partial charge on any atom is -0.312 e. The summed E-state index contributed by atoms with van der Waals surface area (Å²) >= 11 is 0. The highest BCUT2D eigenvalue weighted by molar-refractivity contribution is 5.87. The number of nitrogens with zero attached hydrogens (tertiary/aromatic N) is 1. The first kappa shape index (κ1) is 10.8. The van der Waals surface area contributed by atoms with Crippen molar-refractivity contribution in [3.8, 4) is 0 Å². The van der Waals surface area contributed by atoms with E-state index in [0.717, 1.165) is 23.4 Å². The SMILES string of the molecule is NNC(=Nc1ccccc1)C1CC2CCC1C2. The number of amidine groups is 1. The van der Waals surface area contributed by atoms with Crippen LogP contribution in [0, 0.1) is 17.8 Å². The summed E-state index contributed by atoms with van der Waals surface area (Å²) in [6.45, 7) is 0. The largest absolute Gasteiger partial charge is 0.312 e. The number of aliphatic imine (C=N–C) groups is 1. The number of para-hydroxylation sites is 1. The summed E-state index contributed by atoms with van der Waals surface area (Å²) in [5, 5.41) is 0. The zero-order valence-corrected chi connectivity index (χ0v) is 9.97. The van der Waals surface area contributed by atoms with Gasteiger partial charge in [0.05, 0.1) is 5.69 Å². The Morgan fingerprint density at radius 1 is 1.18 bits per heavy atom. The Balaban J connectivity index is 1.82. The number of nitrogens with one attached hydrogen (secondary N) is 1. The monoisotopic (exact) mass is 229 g/mol. The van der Waals surface area contributed by atoms with Crippen LogP contribution in [0.1, 0.15) is 25.7 Å². The Bertz CT molecular complexity index is 413. The topological polar surface area (TPSA) is 50.4 Å². The molecule has 1 aromatic rings. The second-order valence-electron chi connectivity index (χ2n) is 5.26. The van der Waals surface area contributed by atoms with Crippen LogP contribution in [-0.4, -0.2) is 5.84 Å². The van der Waals surface area contributed by atoms with Crippen molar-refractivity contribution in [3.63, 3.8) is 0 Å². The van der Waals surface area contributed by atoms with E-state index in [1.807, 2.05) is 30.3 Å². The van der Waals surface area contributed by atoms with E-state index in [1.165, 1.54) is 25.7 Å². The molecule has 3 unspecified atom stereocenters. The van der Waals surface area contributed by atoms with Gasteiger partial charge in [0, 0.05) is 5.92 Å². The van der Waals surface area contributed by atoms with Gasteiger partial charge in [-0.1, -0.05) is 24.6 Å². The zero-order chi connectivity index (χ0) is 11.7. The van der Waals surface area contributed by atoms with Gasteiger partial charge in [-0.25, -0.2) is 10.8 Å². The summed E-state index contributed by atoms with van der Waals surface area (Å²) < 4.78 is 0. The second-order valence-corrected chi connectivity index (χ2v) is 5.26. The highest BCUT2D eigenvalue weighted by Crippen LogP contribution is 2.48. The van der Waals surface area contributed by atoms with Crippen LogP contribution in [0.4, 0.5) is 5.69 Å². The molecule has 0 spiro atoms. The van der Waals surface area contributed by atoms with Crippen molar-refractivity contribution in [2.45, 2.75) is 25.7 Å². The smallest absolute Gasteiger partial charge is 0.120 e.